The summed E-state index contributed by atoms with van der Waals surface area (Å²) in [5, 5.41) is 0. The summed E-state index contributed by atoms with van der Waals surface area (Å²) >= 11 is 1.92. The summed E-state index contributed by atoms with van der Waals surface area (Å²) in [6.45, 7) is 6.81. The molecule has 2 fully saturated rings. The number of rotatable bonds is 6. The first-order valence-corrected chi connectivity index (χ1v) is 11.6. The molecule has 0 aromatic heterocycles. The van der Waals surface area contributed by atoms with E-state index in [1.54, 1.807) is 7.11 Å². The molecule has 2 saturated heterocycles. The molecule has 3 unspecified atom stereocenters. The molecule has 2 aliphatic rings. The fourth-order valence-electron chi connectivity index (χ4n) is 5.06. The Morgan fingerprint density at radius 1 is 1.07 bits per heavy atom. The van der Waals surface area contributed by atoms with Gasteiger partial charge in [-0.15, -0.1) is 0 Å². The van der Waals surface area contributed by atoms with Gasteiger partial charge in [0.15, 0.2) is 0 Å². The molecular weight excluding hydrogens is 364 g/mol. The second-order valence-electron chi connectivity index (χ2n) is 8.33. The predicted molar refractivity (Wildman–Crippen MR) is 119 cm³/mol. The van der Waals surface area contributed by atoms with Crippen molar-refractivity contribution in [2.45, 2.75) is 57.3 Å². The highest BCUT2D eigenvalue weighted by Gasteiger charge is 2.47. The molecule has 0 N–H and O–H groups in total. The summed E-state index contributed by atoms with van der Waals surface area (Å²) < 4.78 is 7.98. The zero-order chi connectivity index (χ0) is 19.7. The van der Waals surface area contributed by atoms with Crippen LogP contribution < -0.4 is 4.74 Å². The Morgan fingerprint density at radius 3 is 2.50 bits per heavy atom. The summed E-state index contributed by atoms with van der Waals surface area (Å²) in [6.07, 6.45) is 4.83. The van der Waals surface area contributed by atoms with Crippen LogP contribution in [0, 0.1) is 0 Å². The van der Waals surface area contributed by atoms with Crippen molar-refractivity contribution in [2.24, 2.45) is 0 Å². The van der Waals surface area contributed by atoms with E-state index in [1.165, 1.54) is 29.5 Å². The van der Waals surface area contributed by atoms with Crippen LogP contribution in [0.4, 0.5) is 0 Å². The van der Waals surface area contributed by atoms with E-state index in [1.807, 2.05) is 11.9 Å². The Kier molecular flexibility index (Phi) is 6.00. The molecule has 2 aromatic rings. The topological polar surface area (TPSA) is 15.7 Å². The fourth-order valence-corrected chi connectivity index (χ4v) is 5.86. The van der Waals surface area contributed by atoms with Crippen LogP contribution in [0.25, 0.3) is 0 Å². The highest BCUT2D eigenvalue weighted by atomic mass is 32.2. The third-order valence-corrected chi connectivity index (χ3v) is 7.30. The molecule has 4 heteroatoms. The highest BCUT2D eigenvalue weighted by Crippen LogP contribution is 2.46. The number of benzene rings is 2. The lowest BCUT2D eigenvalue weighted by Gasteiger charge is -2.47. The molecule has 0 aliphatic carbocycles. The van der Waals surface area contributed by atoms with Crippen molar-refractivity contribution in [1.82, 2.24) is 9.21 Å². The third-order valence-electron chi connectivity index (χ3n) is 6.45. The highest BCUT2D eigenvalue weighted by molar-refractivity contribution is 7.96. The standard InChI is InChI=1S/C24H32N2OS/c1-17(2)21-7-5-6-8-22(21)24-23-14-11-19(16-26(24)28-4)25(23)15-18-9-12-20(27-3)13-10-18/h5-10,12-13,17,19,23-24H,11,14-16H2,1-4H3. The Labute approximate surface area is 174 Å². The number of fused-ring (bicyclic) bond motifs is 2. The molecule has 4 rings (SSSR count). The molecule has 0 saturated carbocycles. The monoisotopic (exact) mass is 396 g/mol. The molecule has 2 heterocycles. The van der Waals surface area contributed by atoms with Crippen molar-refractivity contribution in [3.05, 3.63) is 65.2 Å². The van der Waals surface area contributed by atoms with Crippen LogP contribution in [0.15, 0.2) is 48.5 Å². The van der Waals surface area contributed by atoms with Crippen molar-refractivity contribution >= 4 is 11.9 Å². The summed E-state index contributed by atoms with van der Waals surface area (Å²) in [4.78, 5) is 2.77. The van der Waals surface area contributed by atoms with Gasteiger partial charge in [0.25, 0.3) is 0 Å². The van der Waals surface area contributed by atoms with E-state index in [9.17, 15) is 0 Å². The van der Waals surface area contributed by atoms with Crippen LogP contribution in [0.1, 0.15) is 55.3 Å². The first-order chi connectivity index (χ1) is 13.6. The van der Waals surface area contributed by atoms with Crippen LogP contribution in [0.5, 0.6) is 5.75 Å². The lowest BCUT2D eigenvalue weighted by atomic mass is 9.88. The minimum absolute atomic E-state index is 0.464. The van der Waals surface area contributed by atoms with Gasteiger partial charge in [0.2, 0.25) is 0 Å². The van der Waals surface area contributed by atoms with Gasteiger partial charge in [-0.1, -0.05) is 62.2 Å². The summed E-state index contributed by atoms with van der Waals surface area (Å²) in [6, 6.07) is 19.4. The smallest absolute Gasteiger partial charge is 0.118 e. The van der Waals surface area contributed by atoms with Crippen LogP contribution in [0.3, 0.4) is 0 Å². The first-order valence-electron chi connectivity index (χ1n) is 10.4. The van der Waals surface area contributed by atoms with Crippen LogP contribution in [-0.2, 0) is 6.54 Å². The molecule has 2 bridgehead atoms. The normalized spacial score (nSPS) is 25.4. The maximum atomic E-state index is 5.33. The van der Waals surface area contributed by atoms with E-state index >= 15 is 0 Å². The Hall–Kier alpha value is -1.49. The third kappa shape index (κ3) is 3.70. The molecule has 0 radical (unpaired) electrons. The van der Waals surface area contributed by atoms with Gasteiger partial charge in [0.05, 0.1) is 13.2 Å². The van der Waals surface area contributed by atoms with Crippen molar-refractivity contribution in [2.75, 3.05) is 19.9 Å². The maximum Gasteiger partial charge on any atom is 0.118 e. The molecule has 2 aliphatic heterocycles. The lowest BCUT2D eigenvalue weighted by Crippen LogP contribution is -2.52. The Bertz CT molecular complexity index is 791. The van der Waals surface area contributed by atoms with Gasteiger partial charge in [0, 0.05) is 25.2 Å². The quantitative estimate of drug-likeness (QED) is 0.600. The van der Waals surface area contributed by atoms with E-state index in [0.717, 1.165) is 18.8 Å². The van der Waals surface area contributed by atoms with Gasteiger partial charge >= 0.3 is 0 Å². The van der Waals surface area contributed by atoms with Crippen LogP contribution in [-0.4, -0.2) is 41.2 Å². The zero-order valence-corrected chi connectivity index (χ0v) is 18.3. The number of hydrogen-bond acceptors (Lipinski definition) is 4. The number of ether oxygens (including phenoxy) is 1. The van der Waals surface area contributed by atoms with Crippen molar-refractivity contribution in [1.29, 1.82) is 0 Å². The number of piperazine rings is 1. The summed E-state index contributed by atoms with van der Waals surface area (Å²) in [5.41, 5.74) is 4.41. The summed E-state index contributed by atoms with van der Waals surface area (Å²) in [7, 11) is 1.73. The van der Waals surface area contributed by atoms with Crippen molar-refractivity contribution in [3.8, 4) is 5.75 Å². The zero-order valence-electron chi connectivity index (χ0n) is 17.5. The van der Waals surface area contributed by atoms with Crippen LogP contribution in [0.2, 0.25) is 0 Å². The average Bonchev–Trinajstić information content (AvgIpc) is 2.99. The minimum atomic E-state index is 0.464. The second kappa shape index (κ2) is 8.48. The molecular formula is C24H32N2OS. The molecule has 3 atom stereocenters. The molecule has 150 valence electrons. The van der Waals surface area contributed by atoms with Gasteiger partial charge in [-0.05, 0) is 53.8 Å². The molecule has 2 aromatic carbocycles. The number of nitrogens with zero attached hydrogens (tertiary/aromatic N) is 2. The summed E-state index contributed by atoms with van der Waals surface area (Å²) in [5.74, 6) is 1.48. The van der Waals surface area contributed by atoms with Gasteiger partial charge in [-0.25, -0.2) is 4.31 Å². The van der Waals surface area contributed by atoms with Crippen LogP contribution >= 0.6 is 11.9 Å². The average molecular weight is 397 g/mol. The fraction of sp³-hybridized carbons (Fsp3) is 0.500. The van der Waals surface area contributed by atoms with E-state index in [4.69, 9.17) is 4.74 Å². The van der Waals surface area contributed by atoms with Gasteiger partial charge in [-0.3, -0.25) is 4.90 Å². The number of methoxy groups -OCH3 is 1. The minimum Gasteiger partial charge on any atom is -0.497 e. The predicted octanol–water partition coefficient (Wildman–Crippen LogP) is 5.49. The van der Waals surface area contributed by atoms with E-state index in [0.29, 0.717) is 24.0 Å². The first kappa shape index (κ1) is 19.8. The largest absolute Gasteiger partial charge is 0.497 e. The van der Waals surface area contributed by atoms with E-state index in [-0.39, 0.29) is 0 Å². The Balaban J connectivity index is 1.64. The van der Waals surface area contributed by atoms with Crippen molar-refractivity contribution < 1.29 is 4.74 Å². The Morgan fingerprint density at radius 2 is 1.82 bits per heavy atom. The maximum absolute atomic E-state index is 5.33. The molecule has 0 amide bonds. The van der Waals surface area contributed by atoms with E-state index < -0.39 is 0 Å². The van der Waals surface area contributed by atoms with Gasteiger partial charge < -0.3 is 4.74 Å². The van der Waals surface area contributed by atoms with Gasteiger partial charge in [0.1, 0.15) is 5.75 Å². The molecule has 3 nitrogen and oxygen atoms in total. The number of hydrogen-bond donors (Lipinski definition) is 0. The van der Waals surface area contributed by atoms with Gasteiger partial charge in [-0.2, -0.15) is 0 Å². The SMILES string of the molecule is COc1ccc(CN2C3CCC2C(c2ccccc2C(C)C)N(SC)C3)cc1. The lowest BCUT2D eigenvalue weighted by molar-refractivity contribution is 0.0616. The van der Waals surface area contributed by atoms with Crippen molar-refractivity contribution in [3.63, 3.8) is 0 Å². The molecule has 28 heavy (non-hydrogen) atoms. The molecule has 0 spiro atoms. The van der Waals surface area contributed by atoms with E-state index in [2.05, 4.69) is 77.8 Å². The second-order valence-corrected chi connectivity index (χ2v) is 9.16.